The fourth-order valence-corrected chi connectivity index (χ4v) is 1.75. The number of phenolic OH excluding ortho intramolecular Hbond substituents is 2. The van der Waals surface area contributed by atoms with Crippen LogP contribution in [0.25, 0.3) is 11.1 Å². The average molecular weight is 228 g/mol. The summed E-state index contributed by atoms with van der Waals surface area (Å²) >= 11 is 0. The van der Waals surface area contributed by atoms with Crippen molar-refractivity contribution in [1.29, 1.82) is 0 Å². The van der Waals surface area contributed by atoms with E-state index >= 15 is 0 Å². The van der Waals surface area contributed by atoms with Gasteiger partial charge in [-0.25, -0.2) is 0 Å². The number of hydrogen-bond donors (Lipinski definition) is 2. The molecule has 3 nitrogen and oxygen atoms in total. The van der Waals surface area contributed by atoms with Gasteiger partial charge in [-0.05, 0) is 24.1 Å². The summed E-state index contributed by atoms with van der Waals surface area (Å²) in [6, 6.07) is 10.6. The monoisotopic (exact) mass is 228 g/mol. The summed E-state index contributed by atoms with van der Waals surface area (Å²) in [5.74, 6) is -0.189. The molecule has 2 rings (SSSR count). The van der Waals surface area contributed by atoms with Crippen LogP contribution in [-0.4, -0.2) is 16.5 Å². The van der Waals surface area contributed by atoms with Gasteiger partial charge in [0.25, 0.3) is 0 Å². The Morgan fingerprint density at radius 3 is 2.35 bits per heavy atom. The molecule has 0 amide bonds. The standard InChI is InChI=1S/C14H12O3/c1-9-13(16)7-11(12(8-15)14(9)17)10-5-3-2-4-6-10/h2-8,16-17H,1H3. The van der Waals surface area contributed by atoms with Crippen LogP contribution in [-0.2, 0) is 0 Å². The van der Waals surface area contributed by atoms with Crippen LogP contribution in [0.2, 0.25) is 0 Å². The predicted molar refractivity (Wildman–Crippen MR) is 65.3 cm³/mol. The minimum Gasteiger partial charge on any atom is -0.508 e. The van der Waals surface area contributed by atoms with Gasteiger partial charge in [0.15, 0.2) is 6.29 Å². The van der Waals surface area contributed by atoms with Gasteiger partial charge in [-0.15, -0.1) is 0 Å². The smallest absolute Gasteiger partial charge is 0.154 e. The van der Waals surface area contributed by atoms with Crippen LogP contribution >= 0.6 is 0 Å². The van der Waals surface area contributed by atoms with Crippen molar-refractivity contribution in [1.82, 2.24) is 0 Å². The fraction of sp³-hybridized carbons (Fsp3) is 0.0714. The van der Waals surface area contributed by atoms with Crippen molar-refractivity contribution in [3.05, 3.63) is 47.5 Å². The van der Waals surface area contributed by atoms with E-state index in [1.54, 1.807) is 6.92 Å². The van der Waals surface area contributed by atoms with E-state index in [0.717, 1.165) is 5.56 Å². The van der Waals surface area contributed by atoms with Crippen LogP contribution < -0.4 is 0 Å². The van der Waals surface area contributed by atoms with Crippen molar-refractivity contribution in [3.63, 3.8) is 0 Å². The maximum atomic E-state index is 11.0. The molecule has 0 radical (unpaired) electrons. The highest BCUT2D eigenvalue weighted by atomic mass is 16.3. The van der Waals surface area contributed by atoms with Crippen LogP contribution in [0.5, 0.6) is 11.5 Å². The maximum absolute atomic E-state index is 11.0. The highest BCUT2D eigenvalue weighted by Gasteiger charge is 2.14. The fourth-order valence-electron chi connectivity index (χ4n) is 1.75. The number of carbonyl (C=O) groups excluding carboxylic acids is 1. The van der Waals surface area contributed by atoms with Crippen LogP contribution in [0.1, 0.15) is 15.9 Å². The SMILES string of the molecule is Cc1c(O)cc(-c2ccccc2)c(C=O)c1O. The van der Waals surface area contributed by atoms with E-state index in [4.69, 9.17) is 0 Å². The first kappa shape index (κ1) is 11.2. The lowest BCUT2D eigenvalue weighted by Crippen LogP contribution is -1.91. The number of phenols is 2. The Kier molecular flexibility index (Phi) is 2.83. The number of hydrogen-bond acceptors (Lipinski definition) is 3. The largest absolute Gasteiger partial charge is 0.508 e. The van der Waals surface area contributed by atoms with Gasteiger partial charge in [-0.1, -0.05) is 30.3 Å². The number of aromatic hydroxyl groups is 2. The third-order valence-electron chi connectivity index (χ3n) is 2.77. The van der Waals surface area contributed by atoms with E-state index < -0.39 is 0 Å². The molecule has 0 saturated carbocycles. The van der Waals surface area contributed by atoms with Crippen LogP contribution in [0.4, 0.5) is 0 Å². The minimum absolute atomic E-state index is 0.0213. The molecular weight excluding hydrogens is 216 g/mol. The lowest BCUT2D eigenvalue weighted by atomic mass is 9.96. The molecule has 2 aromatic carbocycles. The first-order valence-corrected chi connectivity index (χ1v) is 5.21. The Morgan fingerprint density at radius 1 is 1.12 bits per heavy atom. The second kappa shape index (κ2) is 4.29. The highest BCUT2D eigenvalue weighted by Crippen LogP contribution is 2.36. The topological polar surface area (TPSA) is 57.5 Å². The molecule has 0 unspecified atom stereocenters. The molecule has 0 bridgehead atoms. The van der Waals surface area contributed by atoms with Gasteiger partial charge in [-0.2, -0.15) is 0 Å². The van der Waals surface area contributed by atoms with Crippen molar-refractivity contribution in [2.75, 3.05) is 0 Å². The van der Waals surface area contributed by atoms with Crippen molar-refractivity contribution in [2.24, 2.45) is 0 Å². The second-order valence-corrected chi connectivity index (χ2v) is 3.81. The molecular formula is C14H12O3. The summed E-state index contributed by atoms with van der Waals surface area (Å²) < 4.78 is 0. The van der Waals surface area contributed by atoms with E-state index in [0.29, 0.717) is 17.4 Å². The lowest BCUT2D eigenvalue weighted by Gasteiger charge is -2.11. The Morgan fingerprint density at radius 2 is 1.76 bits per heavy atom. The second-order valence-electron chi connectivity index (χ2n) is 3.81. The third kappa shape index (κ3) is 1.87. The predicted octanol–water partition coefficient (Wildman–Crippen LogP) is 2.89. The molecule has 2 N–H and O–H groups in total. The molecule has 0 aliphatic carbocycles. The molecule has 0 fully saturated rings. The zero-order valence-electron chi connectivity index (χ0n) is 9.34. The van der Waals surface area contributed by atoms with Gasteiger partial charge >= 0.3 is 0 Å². The average Bonchev–Trinajstić information content (AvgIpc) is 2.36. The van der Waals surface area contributed by atoms with Crippen molar-refractivity contribution in [3.8, 4) is 22.6 Å². The van der Waals surface area contributed by atoms with E-state index in [9.17, 15) is 15.0 Å². The van der Waals surface area contributed by atoms with E-state index in [1.807, 2.05) is 30.3 Å². The Labute approximate surface area is 99.0 Å². The number of aldehydes is 1. The highest BCUT2D eigenvalue weighted by molar-refractivity contribution is 5.92. The number of rotatable bonds is 2. The summed E-state index contributed by atoms with van der Waals surface area (Å²) in [6.07, 6.45) is 0.601. The van der Waals surface area contributed by atoms with Crippen molar-refractivity contribution in [2.45, 2.75) is 6.92 Å². The van der Waals surface area contributed by atoms with Gasteiger partial charge < -0.3 is 10.2 Å². The summed E-state index contributed by atoms with van der Waals surface area (Å²) in [6.45, 7) is 1.56. The van der Waals surface area contributed by atoms with Gasteiger partial charge in [-0.3, -0.25) is 4.79 Å². The van der Waals surface area contributed by atoms with Gasteiger partial charge in [0.05, 0.1) is 5.56 Å². The molecule has 0 spiro atoms. The molecule has 0 aliphatic rings. The molecule has 0 atom stereocenters. The first-order chi connectivity index (χ1) is 8.15. The van der Waals surface area contributed by atoms with Gasteiger partial charge in [0.2, 0.25) is 0 Å². The number of benzene rings is 2. The summed E-state index contributed by atoms with van der Waals surface area (Å²) in [5, 5.41) is 19.5. The van der Waals surface area contributed by atoms with E-state index in [2.05, 4.69) is 0 Å². The Balaban J connectivity index is 2.74. The molecule has 0 saturated heterocycles. The molecule has 2 aromatic rings. The zero-order chi connectivity index (χ0) is 12.4. The first-order valence-electron chi connectivity index (χ1n) is 5.21. The van der Waals surface area contributed by atoms with E-state index in [-0.39, 0.29) is 17.1 Å². The molecule has 3 heteroatoms. The van der Waals surface area contributed by atoms with Crippen LogP contribution in [0.3, 0.4) is 0 Å². The lowest BCUT2D eigenvalue weighted by molar-refractivity contribution is 0.112. The Hall–Kier alpha value is -2.29. The molecule has 0 aliphatic heterocycles. The van der Waals surface area contributed by atoms with Gasteiger partial charge in [0, 0.05) is 5.56 Å². The van der Waals surface area contributed by atoms with Crippen LogP contribution in [0, 0.1) is 6.92 Å². The maximum Gasteiger partial charge on any atom is 0.154 e. The summed E-state index contributed by atoms with van der Waals surface area (Å²) in [7, 11) is 0. The summed E-state index contributed by atoms with van der Waals surface area (Å²) in [5.41, 5.74) is 1.82. The van der Waals surface area contributed by atoms with Crippen molar-refractivity contribution >= 4 is 6.29 Å². The van der Waals surface area contributed by atoms with Crippen molar-refractivity contribution < 1.29 is 15.0 Å². The molecule has 0 heterocycles. The molecule has 86 valence electrons. The minimum atomic E-state index is -0.168. The number of carbonyl (C=O) groups is 1. The molecule has 0 aromatic heterocycles. The molecule has 17 heavy (non-hydrogen) atoms. The Bertz CT molecular complexity index is 559. The summed E-state index contributed by atoms with van der Waals surface area (Å²) in [4.78, 5) is 11.0. The van der Waals surface area contributed by atoms with Crippen LogP contribution in [0.15, 0.2) is 36.4 Å². The normalized spacial score (nSPS) is 10.2. The zero-order valence-corrected chi connectivity index (χ0v) is 9.34. The third-order valence-corrected chi connectivity index (χ3v) is 2.77. The van der Waals surface area contributed by atoms with E-state index in [1.165, 1.54) is 6.07 Å². The quantitative estimate of drug-likeness (QED) is 0.777. The van der Waals surface area contributed by atoms with Gasteiger partial charge in [0.1, 0.15) is 11.5 Å².